The van der Waals surface area contributed by atoms with E-state index in [1.807, 2.05) is 26.8 Å². The van der Waals surface area contributed by atoms with Crippen LogP contribution in [0.2, 0.25) is 0 Å². The number of hydrogen-bond acceptors (Lipinski definition) is 4. The second-order valence-electron chi connectivity index (χ2n) is 5.99. The molecule has 0 amide bonds. The van der Waals surface area contributed by atoms with Crippen molar-refractivity contribution in [1.82, 2.24) is 5.32 Å². The van der Waals surface area contributed by atoms with Crippen LogP contribution in [0.3, 0.4) is 0 Å². The van der Waals surface area contributed by atoms with E-state index >= 15 is 0 Å². The molecule has 0 aliphatic heterocycles. The minimum atomic E-state index is -0.637. The molecule has 0 radical (unpaired) electrons. The van der Waals surface area contributed by atoms with Gasteiger partial charge in [-0.15, -0.1) is 0 Å². The highest BCUT2D eigenvalue weighted by atomic mass is 79.9. The fourth-order valence-corrected chi connectivity index (χ4v) is 2.89. The summed E-state index contributed by atoms with van der Waals surface area (Å²) >= 11 is 3.51. The van der Waals surface area contributed by atoms with Crippen LogP contribution in [0, 0.1) is 13.8 Å². The normalized spacial score (nSPS) is 13.5. The van der Waals surface area contributed by atoms with E-state index in [1.165, 1.54) is 0 Å². The molecule has 130 valence electrons. The summed E-state index contributed by atoms with van der Waals surface area (Å²) in [4.78, 5) is 0. The smallest absolute Gasteiger partial charge is 0.122 e. The Balaban J connectivity index is 1.81. The van der Waals surface area contributed by atoms with E-state index in [1.54, 1.807) is 24.3 Å². The molecular weight excluding hydrogens is 370 g/mol. The lowest BCUT2D eigenvalue weighted by Gasteiger charge is -2.21. The number of nitrogens with one attached hydrogen (secondary N) is 1. The van der Waals surface area contributed by atoms with Crippen LogP contribution in [-0.4, -0.2) is 29.4 Å². The highest BCUT2D eigenvalue weighted by molar-refractivity contribution is 9.10. The van der Waals surface area contributed by atoms with Crippen molar-refractivity contribution in [3.63, 3.8) is 0 Å². The molecule has 3 N–H and O–H groups in total. The summed E-state index contributed by atoms with van der Waals surface area (Å²) < 4.78 is 6.91. The summed E-state index contributed by atoms with van der Waals surface area (Å²) in [7, 11) is 0. The van der Waals surface area contributed by atoms with Crippen molar-refractivity contribution in [2.45, 2.75) is 32.9 Å². The molecule has 2 aromatic carbocycles. The van der Waals surface area contributed by atoms with Crippen LogP contribution in [0.25, 0.3) is 0 Å². The quantitative estimate of drug-likeness (QED) is 0.624. The van der Waals surface area contributed by atoms with Crippen LogP contribution in [0.1, 0.15) is 29.7 Å². The number of rotatable bonds is 7. The Bertz CT molecular complexity index is 673. The van der Waals surface area contributed by atoms with Gasteiger partial charge < -0.3 is 20.3 Å². The second kappa shape index (κ2) is 8.51. The zero-order valence-corrected chi connectivity index (χ0v) is 15.8. The maximum Gasteiger partial charge on any atom is 0.122 e. The van der Waals surface area contributed by atoms with Crippen LogP contribution in [-0.2, 0) is 0 Å². The lowest BCUT2D eigenvalue weighted by atomic mass is 10.0. The fraction of sp³-hybridized carbons (Fsp3) is 0.368. The number of benzene rings is 2. The maximum atomic E-state index is 10.3. The lowest BCUT2D eigenvalue weighted by molar-refractivity contribution is 0.133. The molecule has 24 heavy (non-hydrogen) atoms. The third kappa shape index (κ3) is 4.97. The SMILES string of the molecule is Cc1cc(OCCNC(C)C(O)c2ccc(O)cc2)c(C)cc1Br. The van der Waals surface area contributed by atoms with Crippen LogP contribution in [0.4, 0.5) is 0 Å². The van der Waals surface area contributed by atoms with Crippen molar-refractivity contribution < 1.29 is 14.9 Å². The van der Waals surface area contributed by atoms with Crippen LogP contribution in [0.5, 0.6) is 11.5 Å². The standard InChI is InChI=1S/C19H24BrNO3/c1-12-11-18(13(2)10-17(12)20)24-9-8-21-14(3)19(23)15-4-6-16(22)7-5-15/h4-7,10-11,14,19,21-23H,8-9H2,1-3H3. The molecule has 0 saturated carbocycles. The van der Waals surface area contributed by atoms with Crippen molar-refractivity contribution in [3.05, 3.63) is 57.6 Å². The number of aliphatic hydroxyl groups is 1. The van der Waals surface area contributed by atoms with Crippen LogP contribution >= 0.6 is 15.9 Å². The lowest BCUT2D eigenvalue weighted by Crippen LogP contribution is -2.35. The zero-order chi connectivity index (χ0) is 17.7. The molecular formula is C19H24BrNO3. The third-order valence-electron chi connectivity index (χ3n) is 3.99. The van der Waals surface area contributed by atoms with Crippen molar-refractivity contribution >= 4 is 15.9 Å². The van der Waals surface area contributed by atoms with Gasteiger partial charge in [-0.05, 0) is 61.7 Å². The Morgan fingerprint density at radius 3 is 2.46 bits per heavy atom. The number of phenols is 1. The number of aromatic hydroxyl groups is 1. The first-order valence-corrected chi connectivity index (χ1v) is 8.77. The number of aliphatic hydroxyl groups excluding tert-OH is 1. The molecule has 0 spiro atoms. The number of halogens is 1. The van der Waals surface area contributed by atoms with Crippen molar-refractivity contribution in [3.8, 4) is 11.5 Å². The van der Waals surface area contributed by atoms with Crippen molar-refractivity contribution in [2.75, 3.05) is 13.2 Å². The van der Waals surface area contributed by atoms with E-state index in [0.717, 1.165) is 26.9 Å². The van der Waals surface area contributed by atoms with Gasteiger partial charge >= 0.3 is 0 Å². The summed E-state index contributed by atoms with van der Waals surface area (Å²) in [5, 5.41) is 22.9. The highest BCUT2D eigenvalue weighted by Gasteiger charge is 2.15. The van der Waals surface area contributed by atoms with E-state index in [-0.39, 0.29) is 11.8 Å². The average molecular weight is 394 g/mol. The summed E-state index contributed by atoms with van der Waals surface area (Å²) in [5.41, 5.74) is 3.00. The van der Waals surface area contributed by atoms with Crippen molar-refractivity contribution in [1.29, 1.82) is 0 Å². The average Bonchev–Trinajstić information content (AvgIpc) is 2.55. The summed E-state index contributed by atoms with van der Waals surface area (Å²) in [5.74, 6) is 1.07. The first kappa shape index (κ1) is 18.8. The monoisotopic (exact) mass is 393 g/mol. The molecule has 2 atom stereocenters. The molecule has 0 heterocycles. The minimum absolute atomic E-state index is 0.120. The Labute approximate surface area is 151 Å². The number of aryl methyl sites for hydroxylation is 2. The fourth-order valence-electron chi connectivity index (χ4n) is 2.43. The molecule has 0 aliphatic carbocycles. The Hall–Kier alpha value is -1.56. The van der Waals surface area contributed by atoms with Gasteiger partial charge in [-0.3, -0.25) is 0 Å². The van der Waals surface area contributed by atoms with Crippen molar-refractivity contribution in [2.24, 2.45) is 0 Å². The third-order valence-corrected chi connectivity index (χ3v) is 4.84. The molecule has 4 nitrogen and oxygen atoms in total. The van der Waals surface area contributed by atoms with E-state index in [2.05, 4.69) is 27.3 Å². The van der Waals surface area contributed by atoms with Gasteiger partial charge in [-0.1, -0.05) is 28.1 Å². The van der Waals surface area contributed by atoms with Gasteiger partial charge in [0.2, 0.25) is 0 Å². The summed E-state index contributed by atoms with van der Waals surface area (Å²) in [6, 6.07) is 10.6. The summed E-state index contributed by atoms with van der Waals surface area (Å²) in [6.45, 7) is 7.13. The molecule has 2 rings (SSSR count). The maximum absolute atomic E-state index is 10.3. The first-order valence-electron chi connectivity index (χ1n) is 7.98. The Kier molecular flexibility index (Phi) is 6.66. The largest absolute Gasteiger partial charge is 0.508 e. The van der Waals surface area contributed by atoms with Gasteiger partial charge in [0.1, 0.15) is 18.1 Å². The predicted octanol–water partition coefficient (Wildman–Crippen LogP) is 3.86. The molecule has 5 heteroatoms. The zero-order valence-electron chi connectivity index (χ0n) is 14.2. The van der Waals surface area contributed by atoms with Gasteiger partial charge in [0.05, 0.1) is 6.10 Å². The molecule has 2 aromatic rings. The van der Waals surface area contributed by atoms with Crippen LogP contribution in [0.15, 0.2) is 40.9 Å². The molecule has 0 fully saturated rings. The van der Waals surface area contributed by atoms with Crippen LogP contribution < -0.4 is 10.1 Å². The Morgan fingerprint density at radius 2 is 1.79 bits per heavy atom. The van der Waals surface area contributed by atoms with E-state index in [0.29, 0.717) is 13.2 Å². The van der Waals surface area contributed by atoms with Gasteiger partial charge in [-0.25, -0.2) is 0 Å². The summed E-state index contributed by atoms with van der Waals surface area (Å²) in [6.07, 6.45) is -0.637. The molecule has 0 aliphatic rings. The number of phenolic OH excluding ortho intramolecular Hbond substituents is 1. The van der Waals surface area contributed by atoms with Gasteiger partial charge in [0, 0.05) is 17.1 Å². The number of hydrogen-bond donors (Lipinski definition) is 3. The molecule has 0 aromatic heterocycles. The van der Waals surface area contributed by atoms with E-state index < -0.39 is 6.10 Å². The minimum Gasteiger partial charge on any atom is -0.508 e. The van der Waals surface area contributed by atoms with E-state index in [9.17, 15) is 10.2 Å². The van der Waals surface area contributed by atoms with Gasteiger partial charge in [0.15, 0.2) is 0 Å². The number of ether oxygens (including phenoxy) is 1. The molecule has 0 bridgehead atoms. The molecule has 2 unspecified atom stereocenters. The van der Waals surface area contributed by atoms with Gasteiger partial charge in [-0.2, -0.15) is 0 Å². The Morgan fingerprint density at radius 1 is 1.12 bits per heavy atom. The van der Waals surface area contributed by atoms with Gasteiger partial charge in [0.25, 0.3) is 0 Å². The highest BCUT2D eigenvalue weighted by Crippen LogP contribution is 2.26. The first-order chi connectivity index (χ1) is 11.4. The van der Waals surface area contributed by atoms with E-state index in [4.69, 9.17) is 4.74 Å². The topological polar surface area (TPSA) is 61.7 Å². The predicted molar refractivity (Wildman–Crippen MR) is 99.6 cm³/mol. The molecule has 0 saturated heterocycles. The second-order valence-corrected chi connectivity index (χ2v) is 6.85.